The number of amides is 1. The number of carbonyl (C=O) groups excluding carboxylic acids is 1. The summed E-state index contributed by atoms with van der Waals surface area (Å²) in [6, 6.07) is 7.28. The fraction of sp³-hybridized carbons (Fsp3) is 0.188. The molecule has 1 N–H and O–H groups in total. The van der Waals surface area contributed by atoms with Gasteiger partial charge in [-0.05, 0) is 47.1 Å². The monoisotopic (exact) mass is 392 g/mol. The molecule has 0 aliphatic heterocycles. The lowest BCUT2D eigenvalue weighted by Gasteiger charge is -2.00. The smallest absolute Gasteiger partial charge is 0.273 e. The average Bonchev–Trinajstić information content (AvgIpc) is 3.20. The molecular formula is C16H14BrFN4O2. The fourth-order valence-corrected chi connectivity index (χ4v) is 2.56. The number of hydrogen-bond donors (Lipinski definition) is 1. The van der Waals surface area contributed by atoms with E-state index < -0.39 is 0 Å². The molecule has 2 heterocycles. The molecule has 0 radical (unpaired) electrons. The minimum absolute atomic E-state index is 0.153. The molecule has 1 aromatic carbocycles. The number of carbonyl (C=O) groups is 1. The second kappa shape index (κ2) is 6.96. The highest BCUT2D eigenvalue weighted by molar-refractivity contribution is 9.10. The molecule has 8 heteroatoms. The Kier molecular flexibility index (Phi) is 4.75. The number of aryl methyl sites for hydroxylation is 1. The lowest BCUT2D eigenvalue weighted by molar-refractivity contribution is 0.0941. The molecule has 0 atom stereocenters. The van der Waals surface area contributed by atoms with Crippen LogP contribution in [0.15, 0.2) is 45.5 Å². The SMILES string of the molecule is CCn1cc(Br)c(CNC(=O)c2cc(-c3ccc(F)cc3)on2)n1. The molecule has 124 valence electrons. The van der Waals surface area contributed by atoms with Gasteiger partial charge in [0.1, 0.15) is 5.82 Å². The van der Waals surface area contributed by atoms with Crippen molar-refractivity contribution in [3.05, 3.63) is 58.2 Å². The van der Waals surface area contributed by atoms with Crippen LogP contribution in [0.25, 0.3) is 11.3 Å². The van der Waals surface area contributed by atoms with Crippen molar-refractivity contribution in [2.24, 2.45) is 0 Å². The summed E-state index contributed by atoms with van der Waals surface area (Å²) < 4.78 is 20.7. The average molecular weight is 393 g/mol. The first-order valence-electron chi connectivity index (χ1n) is 7.29. The summed E-state index contributed by atoms with van der Waals surface area (Å²) in [5, 5.41) is 10.8. The third-order valence-corrected chi connectivity index (χ3v) is 4.06. The maximum absolute atomic E-state index is 12.9. The second-order valence-electron chi connectivity index (χ2n) is 5.05. The Morgan fingerprint density at radius 1 is 1.38 bits per heavy atom. The Balaban J connectivity index is 1.67. The summed E-state index contributed by atoms with van der Waals surface area (Å²) in [6.07, 6.45) is 1.85. The Morgan fingerprint density at radius 2 is 2.12 bits per heavy atom. The zero-order valence-electron chi connectivity index (χ0n) is 12.8. The first-order valence-corrected chi connectivity index (χ1v) is 8.09. The summed E-state index contributed by atoms with van der Waals surface area (Å²) >= 11 is 3.41. The molecule has 0 aliphatic carbocycles. The fourth-order valence-electron chi connectivity index (χ4n) is 2.11. The minimum atomic E-state index is -0.370. The molecule has 6 nitrogen and oxygen atoms in total. The van der Waals surface area contributed by atoms with E-state index in [1.165, 1.54) is 18.2 Å². The molecule has 2 aromatic heterocycles. The van der Waals surface area contributed by atoms with Gasteiger partial charge in [0.05, 0.1) is 16.7 Å². The van der Waals surface area contributed by atoms with Crippen molar-refractivity contribution in [1.82, 2.24) is 20.3 Å². The minimum Gasteiger partial charge on any atom is -0.355 e. The molecular weight excluding hydrogens is 379 g/mol. The lowest BCUT2D eigenvalue weighted by Crippen LogP contribution is -2.23. The molecule has 0 bridgehead atoms. The van der Waals surface area contributed by atoms with Gasteiger partial charge in [0.15, 0.2) is 11.5 Å². The highest BCUT2D eigenvalue weighted by Gasteiger charge is 2.15. The quantitative estimate of drug-likeness (QED) is 0.721. The van der Waals surface area contributed by atoms with Gasteiger partial charge in [-0.2, -0.15) is 5.10 Å². The number of hydrogen-bond acceptors (Lipinski definition) is 4. The zero-order chi connectivity index (χ0) is 17.1. The molecule has 0 saturated heterocycles. The second-order valence-corrected chi connectivity index (χ2v) is 5.90. The van der Waals surface area contributed by atoms with E-state index in [0.29, 0.717) is 11.3 Å². The van der Waals surface area contributed by atoms with E-state index in [0.717, 1.165) is 16.7 Å². The van der Waals surface area contributed by atoms with Gasteiger partial charge in [0.2, 0.25) is 0 Å². The first kappa shape index (κ1) is 16.4. The molecule has 0 spiro atoms. The lowest BCUT2D eigenvalue weighted by atomic mass is 10.1. The molecule has 0 aliphatic rings. The van der Waals surface area contributed by atoms with Crippen LogP contribution in [-0.2, 0) is 13.1 Å². The predicted molar refractivity (Wildman–Crippen MR) is 88.7 cm³/mol. The summed E-state index contributed by atoms with van der Waals surface area (Å²) in [5.41, 5.74) is 1.53. The largest absolute Gasteiger partial charge is 0.355 e. The Bertz CT molecular complexity index is 857. The summed E-state index contributed by atoms with van der Waals surface area (Å²) in [7, 11) is 0. The molecule has 3 aromatic rings. The van der Waals surface area contributed by atoms with Gasteiger partial charge in [-0.25, -0.2) is 4.39 Å². The standard InChI is InChI=1S/C16H14BrFN4O2/c1-2-22-9-12(17)14(20-22)8-19-16(23)13-7-15(24-21-13)10-3-5-11(18)6-4-10/h3-7,9H,2,8H2,1H3,(H,19,23). The van der Waals surface area contributed by atoms with E-state index in [9.17, 15) is 9.18 Å². The molecule has 0 saturated carbocycles. The molecule has 1 amide bonds. The van der Waals surface area contributed by atoms with E-state index in [1.807, 2.05) is 13.1 Å². The predicted octanol–water partition coefficient (Wildman–Crippen LogP) is 3.39. The van der Waals surface area contributed by atoms with Crippen molar-refractivity contribution in [1.29, 1.82) is 0 Å². The van der Waals surface area contributed by atoms with E-state index in [2.05, 4.69) is 31.5 Å². The van der Waals surface area contributed by atoms with Crippen LogP contribution in [0.3, 0.4) is 0 Å². The Hall–Kier alpha value is -2.48. The number of benzene rings is 1. The Labute approximate surface area is 145 Å². The van der Waals surface area contributed by atoms with Gasteiger partial charge in [0, 0.05) is 24.4 Å². The van der Waals surface area contributed by atoms with Gasteiger partial charge in [-0.1, -0.05) is 5.16 Å². The van der Waals surface area contributed by atoms with Crippen LogP contribution in [0.4, 0.5) is 4.39 Å². The van der Waals surface area contributed by atoms with Crippen molar-refractivity contribution in [2.45, 2.75) is 20.0 Å². The van der Waals surface area contributed by atoms with Gasteiger partial charge in [-0.3, -0.25) is 9.48 Å². The first-order chi connectivity index (χ1) is 11.6. The number of nitrogens with zero attached hydrogens (tertiary/aromatic N) is 3. The van der Waals surface area contributed by atoms with Gasteiger partial charge in [-0.15, -0.1) is 0 Å². The third kappa shape index (κ3) is 3.53. The van der Waals surface area contributed by atoms with Crippen LogP contribution in [0.2, 0.25) is 0 Å². The van der Waals surface area contributed by atoms with Crippen LogP contribution in [0.1, 0.15) is 23.1 Å². The summed E-state index contributed by atoms with van der Waals surface area (Å²) in [5.74, 6) is -0.310. The Morgan fingerprint density at radius 3 is 2.79 bits per heavy atom. The van der Waals surface area contributed by atoms with Gasteiger partial charge >= 0.3 is 0 Å². The topological polar surface area (TPSA) is 73.0 Å². The molecule has 0 fully saturated rings. The van der Waals surface area contributed by atoms with E-state index in [-0.39, 0.29) is 24.0 Å². The molecule has 24 heavy (non-hydrogen) atoms. The van der Waals surface area contributed by atoms with Crippen molar-refractivity contribution < 1.29 is 13.7 Å². The van der Waals surface area contributed by atoms with Gasteiger partial charge in [0.25, 0.3) is 5.91 Å². The zero-order valence-corrected chi connectivity index (χ0v) is 14.4. The summed E-state index contributed by atoms with van der Waals surface area (Å²) in [4.78, 5) is 12.2. The third-order valence-electron chi connectivity index (χ3n) is 3.40. The van der Waals surface area contributed by atoms with Crippen LogP contribution in [0.5, 0.6) is 0 Å². The van der Waals surface area contributed by atoms with E-state index in [1.54, 1.807) is 16.8 Å². The number of halogens is 2. The maximum atomic E-state index is 12.9. The van der Waals surface area contributed by atoms with Crippen LogP contribution >= 0.6 is 15.9 Å². The van der Waals surface area contributed by atoms with Crippen molar-refractivity contribution in [3.63, 3.8) is 0 Å². The number of aromatic nitrogens is 3. The molecule has 3 rings (SSSR count). The molecule has 0 unspecified atom stereocenters. The van der Waals surface area contributed by atoms with Crippen molar-refractivity contribution in [2.75, 3.05) is 0 Å². The van der Waals surface area contributed by atoms with Crippen LogP contribution < -0.4 is 5.32 Å². The number of nitrogens with one attached hydrogen (secondary N) is 1. The normalized spacial score (nSPS) is 10.8. The maximum Gasteiger partial charge on any atom is 0.273 e. The van der Waals surface area contributed by atoms with Crippen LogP contribution in [-0.4, -0.2) is 20.8 Å². The summed E-state index contributed by atoms with van der Waals surface area (Å²) in [6.45, 7) is 3.00. The van der Waals surface area contributed by atoms with E-state index in [4.69, 9.17) is 4.52 Å². The van der Waals surface area contributed by atoms with Crippen LogP contribution in [0, 0.1) is 5.82 Å². The highest BCUT2D eigenvalue weighted by Crippen LogP contribution is 2.21. The van der Waals surface area contributed by atoms with Crippen molar-refractivity contribution in [3.8, 4) is 11.3 Å². The van der Waals surface area contributed by atoms with Gasteiger partial charge < -0.3 is 9.84 Å². The highest BCUT2D eigenvalue weighted by atomic mass is 79.9. The van der Waals surface area contributed by atoms with Crippen molar-refractivity contribution >= 4 is 21.8 Å². The van der Waals surface area contributed by atoms with E-state index >= 15 is 0 Å². The number of rotatable bonds is 5.